The number of aromatic nitrogens is 2. The van der Waals surface area contributed by atoms with E-state index < -0.39 is 0 Å². The fourth-order valence-corrected chi connectivity index (χ4v) is 5.31. The molecule has 1 saturated heterocycles. The van der Waals surface area contributed by atoms with Gasteiger partial charge in [-0.3, -0.25) is 0 Å². The molecule has 3 unspecified atom stereocenters. The molecule has 0 spiro atoms. The van der Waals surface area contributed by atoms with Crippen LogP contribution in [0.1, 0.15) is 55.9 Å². The number of nitrogens with one attached hydrogen (secondary N) is 1. The van der Waals surface area contributed by atoms with Crippen LogP contribution >= 0.6 is 23.5 Å². The zero-order valence-electron chi connectivity index (χ0n) is 12.8. The number of hydrazine groups is 1. The first-order valence-corrected chi connectivity index (χ1v) is 9.05. The smallest absolute Gasteiger partial charge is 0.147 e. The Morgan fingerprint density at radius 2 is 1.95 bits per heavy atom. The third-order valence-electron chi connectivity index (χ3n) is 3.71. The number of rotatable bonds is 3. The molecule has 1 aromatic rings. The molecular formula is C14H24N4S2. The Morgan fingerprint density at radius 3 is 2.50 bits per heavy atom. The van der Waals surface area contributed by atoms with Crippen LogP contribution in [0.2, 0.25) is 0 Å². The number of nitrogen functional groups attached to an aromatic ring is 1. The summed E-state index contributed by atoms with van der Waals surface area (Å²) in [6, 6.07) is 0. The summed E-state index contributed by atoms with van der Waals surface area (Å²) in [4.78, 5) is 9.42. The Labute approximate surface area is 130 Å². The lowest BCUT2D eigenvalue weighted by molar-refractivity contribution is 0.797. The number of anilines is 1. The van der Waals surface area contributed by atoms with Gasteiger partial charge in [-0.15, -0.1) is 11.8 Å². The van der Waals surface area contributed by atoms with E-state index in [2.05, 4.69) is 38.1 Å². The number of hydrogen-bond acceptors (Lipinski definition) is 6. The van der Waals surface area contributed by atoms with E-state index in [1.807, 2.05) is 30.4 Å². The van der Waals surface area contributed by atoms with Crippen molar-refractivity contribution in [1.82, 2.24) is 9.97 Å². The van der Waals surface area contributed by atoms with Gasteiger partial charge in [0.25, 0.3) is 0 Å². The van der Waals surface area contributed by atoms with Crippen LogP contribution in [0.5, 0.6) is 0 Å². The lowest BCUT2D eigenvalue weighted by Gasteiger charge is -2.31. The molecule has 20 heavy (non-hydrogen) atoms. The SMILES string of the molecule is Cc1nc(C2CSC(C)C(C)S2)nc(NN)c1C(C)C. The van der Waals surface area contributed by atoms with Crippen molar-refractivity contribution in [3.8, 4) is 0 Å². The average Bonchev–Trinajstić information content (AvgIpc) is 2.40. The zero-order valence-corrected chi connectivity index (χ0v) is 14.4. The second-order valence-corrected chi connectivity index (χ2v) is 8.59. The first-order chi connectivity index (χ1) is 9.43. The number of nitrogens with zero attached hydrogens (tertiary/aromatic N) is 2. The summed E-state index contributed by atoms with van der Waals surface area (Å²) in [6.45, 7) is 10.9. The average molecular weight is 313 g/mol. The fourth-order valence-electron chi connectivity index (χ4n) is 2.47. The van der Waals surface area contributed by atoms with Crippen LogP contribution in [0.3, 0.4) is 0 Å². The van der Waals surface area contributed by atoms with Crippen LogP contribution in [-0.4, -0.2) is 26.2 Å². The van der Waals surface area contributed by atoms with Crippen LogP contribution in [0.15, 0.2) is 0 Å². The van der Waals surface area contributed by atoms with E-state index in [9.17, 15) is 0 Å². The van der Waals surface area contributed by atoms with Gasteiger partial charge in [0.15, 0.2) is 0 Å². The summed E-state index contributed by atoms with van der Waals surface area (Å²) in [5.41, 5.74) is 4.90. The summed E-state index contributed by atoms with van der Waals surface area (Å²) in [6.07, 6.45) is 0. The predicted octanol–water partition coefficient (Wildman–Crippen LogP) is 3.49. The fraction of sp³-hybridized carbons (Fsp3) is 0.714. The van der Waals surface area contributed by atoms with Crippen LogP contribution in [-0.2, 0) is 0 Å². The van der Waals surface area contributed by atoms with Gasteiger partial charge in [-0.05, 0) is 12.8 Å². The predicted molar refractivity (Wildman–Crippen MR) is 90.4 cm³/mol. The standard InChI is InChI=1S/C14H24N4S2/c1-7(2)12-8(3)16-13(17-14(12)18-15)11-6-19-9(4)10(5)20-11/h7,9-11H,6,15H2,1-5H3,(H,16,17,18). The topological polar surface area (TPSA) is 63.8 Å². The van der Waals surface area contributed by atoms with Gasteiger partial charge in [-0.2, -0.15) is 11.8 Å². The summed E-state index contributed by atoms with van der Waals surface area (Å²) in [5.74, 6) is 8.78. The maximum Gasteiger partial charge on any atom is 0.147 e. The summed E-state index contributed by atoms with van der Waals surface area (Å²) in [5, 5.41) is 1.68. The van der Waals surface area contributed by atoms with Crippen molar-refractivity contribution < 1.29 is 0 Å². The lowest BCUT2D eigenvalue weighted by Crippen LogP contribution is -2.24. The first kappa shape index (κ1) is 15.9. The molecular weight excluding hydrogens is 288 g/mol. The Bertz CT molecular complexity index is 478. The monoisotopic (exact) mass is 312 g/mol. The molecule has 0 radical (unpaired) electrons. The lowest BCUT2D eigenvalue weighted by atomic mass is 10.0. The van der Waals surface area contributed by atoms with Crippen molar-refractivity contribution in [1.29, 1.82) is 0 Å². The van der Waals surface area contributed by atoms with E-state index in [-0.39, 0.29) is 0 Å². The number of thioether (sulfide) groups is 2. The van der Waals surface area contributed by atoms with E-state index in [4.69, 9.17) is 10.8 Å². The molecule has 2 heterocycles. The maximum atomic E-state index is 5.65. The zero-order chi connectivity index (χ0) is 14.9. The second kappa shape index (κ2) is 6.54. The van der Waals surface area contributed by atoms with Crippen molar-refractivity contribution in [3.63, 3.8) is 0 Å². The van der Waals surface area contributed by atoms with Crippen LogP contribution in [0.25, 0.3) is 0 Å². The van der Waals surface area contributed by atoms with Gasteiger partial charge in [0, 0.05) is 27.5 Å². The van der Waals surface area contributed by atoms with Crippen molar-refractivity contribution in [2.75, 3.05) is 11.2 Å². The Balaban J connectivity index is 2.32. The van der Waals surface area contributed by atoms with Gasteiger partial charge in [0.1, 0.15) is 11.6 Å². The highest BCUT2D eigenvalue weighted by molar-refractivity contribution is 8.07. The minimum Gasteiger partial charge on any atom is -0.308 e. The van der Waals surface area contributed by atoms with Gasteiger partial charge in [-0.25, -0.2) is 15.8 Å². The van der Waals surface area contributed by atoms with Gasteiger partial charge in [0.05, 0.1) is 5.25 Å². The summed E-state index contributed by atoms with van der Waals surface area (Å²) in [7, 11) is 0. The summed E-state index contributed by atoms with van der Waals surface area (Å²) < 4.78 is 0. The molecule has 1 aliphatic rings. The molecule has 112 valence electrons. The highest BCUT2D eigenvalue weighted by Crippen LogP contribution is 2.43. The van der Waals surface area contributed by atoms with E-state index in [1.165, 1.54) is 0 Å². The van der Waals surface area contributed by atoms with E-state index in [1.54, 1.807) is 0 Å². The van der Waals surface area contributed by atoms with E-state index in [0.717, 1.165) is 28.7 Å². The van der Waals surface area contributed by atoms with Crippen LogP contribution < -0.4 is 11.3 Å². The minimum atomic E-state index is 0.359. The maximum absolute atomic E-state index is 5.65. The largest absolute Gasteiger partial charge is 0.308 e. The number of nitrogens with two attached hydrogens (primary N) is 1. The molecule has 0 amide bonds. The molecule has 6 heteroatoms. The Kier molecular flexibility index (Phi) is 5.20. The Hall–Kier alpha value is -0.460. The highest BCUT2D eigenvalue weighted by atomic mass is 32.2. The molecule has 0 aliphatic carbocycles. The quantitative estimate of drug-likeness (QED) is 0.658. The van der Waals surface area contributed by atoms with Crippen molar-refractivity contribution in [3.05, 3.63) is 17.1 Å². The second-order valence-electron chi connectivity index (χ2n) is 5.60. The summed E-state index contributed by atoms with van der Waals surface area (Å²) >= 11 is 3.98. The van der Waals surface area contributed by atoms with Crippen molar-refractivity contribution in [2.45, 2.75) is 56.3 Å². The van der Waals surface area contributed by atoms with Gasteiger partial charge in [-0.1, -0.05) is 27.7 Å². The molecule has 1 aliphatic heterocycles. The van der Waals surface area contributed by atoms with Gasteiger partial charge in [0.2, 0.25) is 0 Å². The molecule has 1 aromatic heterocycles. The van der Waals surface area contributed by atoms with Crippen molar-refractivity contribution >= 4 is 29.3 Å². The Morgan fingerprint density at radius 1 is 1.25 bits per heavy atom. The third kappa shape index (κ3) is 3.23. The molecule has 3 atom stereocenters. The van der Waals surface area contributed by atoms with E-state index >= 15 is 0 Å². The molecule has 4 nitrogen and oxygen atoms in total. The molecule has 0 bridgehead atoms. The third-order valence-corrected chi connectivity index (χ3v) is 7.09. The number of aryl methyl sites for hydroxylation is 1. The minimum absolute atomic E-state index is 0.359. The van der Waals surface area contributed by atoms with Gasteiger partial charge < -0.3 is 5.43 Å². The molecule has 2 rings (SSSR count). The molecule has 0 saturated carbocycles. The van der Waals surface area contributed by atoms with E-state index in [0.29, 0.717) is 21.7 Å². The van der Waals surface area contributed by atoms with Gasteiger partial charge >= 0.3 is 0 Å². The molecule has 1 fully saturated rings. The normalized spacial score (nSPS) is 26.9. The first-order valence-electron chi connectivity index (χ1n) is 7.06. The van der Waals surface area contributed by atoms with Crippen LogP contribution in [0, 0.1) is 6.92 Å². The molecule has 3 N–H and O–H groups in total. The number of hydrogen-bond donors (Lipinski definition) is 2. The highest BCUT2D eigenvalue weighted by Gasteiger charge is 2.29. The van der Waals surface area contributed by atoms with Crippen LogP contribution in [0.4, 0.5) is 5.82 Å². The molecule has 0 aromatic carbocycles. The van der Waals surface area contributed by atoms with Crippen molar-refractivity contribution in [2.24, 2.45) is 5.84 Å².